The summed E-state index contributed by atoms with van der Waals surface area (Å²) in [5.74, 6) is 1.97. The number of benzene rings is 4. The largest absolute Gasteiger partial charge is 0.497 e. The van der Waals surface area contributed by atoms with E-state index in [0.717, 1.165) is 93.0 Å². The lowest BCUT2D eigenvalue weighted by Crippen LogP contribution is -2.41. The molecule has 0 bridgehead atoms. The van der Waals surface area contributed by atoms with E-state index in [-0.39, 0.29) is 47.9 Å². The van der Waals surface area contributed by atoms with Crippen molar-refractivity contribution in [3.63, 3.8) is 0 Å². The summed E-state index contributed by atoms with van der Waals surface area (Å²) in [5, 5.41) is 28.1. The first-order chi connectivity index (χ1) is 37.9. The topological polar surface area (TPSA) is 248 Å². The van der Waals surface area contributed by atoms with Gasteiger partial charge in [0.15, 0.2) is 0 Å². The van der Waals surface area contributed by atoms with Crippen LogP contribution in [-0.4, -0.2) is 85.5 Å². The summed E-state index contributed by atoms with van der Waals surface area (Å²) in [6.07, 6.45) is 7.63. The molecule has 2 heterocycles. The van der Waals surface area contributed by atoms with Gasteiger partial charge < -0.3 is 29.9 Å². The normalized spacial score (nSPS) is 11.8. The van der Waals surface area contributed by atoms with E-state index in [1.165, 1.54) is 17.8 Å². The minimum atomic E-state index is -0.521. The van der Waals surface area contributed by atoms with Gasteiger partial charge in [0.2, 0.25) is 11.9 Å². The van der Waals surface area contributed by atoms with Crippen molar-refractivity contribution in [1.29, 1.82) is 0 Å². The number of hydrogen-bond donors (Lipinski definition) is 6. The molecule has 4 amide bonds. The Morgan fingerprint density at radius 3 is 1.19 bits per heavy atom. The Hall–Kier alpha value is -8.42. The fourth-order valence-corrected chi connectivity index (χ4v) is 8.37. The Balaban J connectivity index is 0.000000443. The van der Waals surface area contributed by atoms with Gasteiger partial charge in [-0.25, -0.2) is 19.6 Å². The number of carbonyl (C=O) groups excluding carboxylic acids is 2. The van der Waals surface area contributed by atoms with Crippen LogP contribution < -0.4 is 51.7 Å². The van der Waals surface area contributed by atoms with Crippen LogP contribution in [-0.2, 0) is 0 Å². The Morgan fingerprint density at radius 1 is 0.526 bits per heavy atom. The van der Waals surface area contributed by atoms with Gasteiger partial charge in [0.05, 0.1) is 48.4 Å². The zero-order valence-corrected chi connectivity index (χ0v) is 46.5. The van der Waals surface area contributed by atoms with Crippen LogP contribution in [0, 0.1) is 0 Å². The van der Waals surface area contributed by atoms with Gasteiger partial charge in [0.25, 0.3) is 11.1 Å². The summed E-state index contributed by atoms with van der Waals surface area (Å²) >= 11 is 0. The van der Waals surface area contributed by atoms with Crippen molar-refractivity contribution in [2.45, 2.75) is 105 Å². The Labute approximate surface area is 458 Å². The predicted octanol–water partition coefficient (Wildman–Crippen LogP) is 13.1. The van der Waals surface area contributed by atoms with E-state index < -0.39 is 12.1 Å². The van der Waals surface area contributed by atoms with E-state index in [4.69, 9.17) is 9.47 Å². The lowest BCUT2D eigenvalue weighted by Gasteiger charge is -2.25. The average molecular weight is 1070 g/mol. The molecular weight excluding hydrogens is 989 g/mol. The van der Waals surface area contributed by atoms with Gasteiger partial charge in [0, 0.05) is 74.6 Å². The number of aromatic nitrogens is 4. The molecule has 0 aliphatic rings. The monoisotopic (exact) mass is 1070 g/mol. The number of methoxy groups -OCH3 is 2. The number of urea groups is 2. The minimum Gasteiger partial charge on any atom is -0.497 e. The highest BCUT2D eigenvalue weighted by Gasteiger charge is 2.17. The average Bonchev–Trinajstić information content (AvgIpc) is 3.45. The Bertz CT molecular complexity index is 2810. The lowest BCUT2D eigenvalue weighted by molar-refractivity contribution is 0.251. The van der Waals surface area contributed by atoms with Crippen LogP contribution in [0.4, 0.5) is 55.6 Å². The highest BCUT2D eigenvalue weighted by molar-refractivity contribution is 5.87. The van der Waals surface area contributed by atoms with Crippen molar-refractivity contribution >= 4 is 58.1 Å². The number of rotatable bonds is 28. The van der Waals surface area contributed by atoms with E-state index in [0.29, 0.717) is 35.9 Å². The van der Waals surface area contributed by atoms with Crippen LogP contribution in [0.5, 0.6) is 11.5 Å². The smallest absolute Gasteiger partial charge is 0.321 e. The van der Waals surface area contributed by atoms with E-state index in [9.17, 15) is 19.2 Å². The Morgan fingerprint density at radius 2 is 0.872 bits per heavy atom. The SMILES string of the molecule is CCCCC(CC)c1cc(=O)[nH]c(NC(=O)NCCN(CCNC(=O)Nc2nc(C(CC)CCCC)cc(=O)[nH]2)c2ccc(N=Nc3ccc(OC)cc3)cc2)n1.CCN(CC)c1ccc(N=Nc2ccc(OC)cc2)cc1. The quantitative estimate of drug-likeness (QED) is 0.0254. The highest BCUT2D eigenvalue weighted by Crippen LogP contribution is 2.27. The van der Waals surface area contributed by atoms with Crippen molar-refractivity contribution < 1.29 is 19.1 Å². The summed E-state index contributed by atoms with van der Waals surface area (Å²) in [5.41, 5.74) is 5.66. The number of amides is 4. The first kappa shape index (κ1) is 60.4. The van der Waals surface area contributed by atoms with Gasteiger partial charge in [-0.3, -0.25) is 30.2 Å². The van der Waals surface area contributed by atoms with Crippen LogP contribution in [0.25, 0.3) is 0 Å². The van der Waals surface area contributed by atoms with Crippen LogP contribution in [0.3, 0.4) is 0 Å². The Kier molecular flexibility index (Phi) is 25.5. The minimum absolute atomic E-state index is 0.0870. The fourth-order valence-electron chi connectivity index (χ4n) is 8.37. The molecule has 2 unspecified atom stereocenters. The molecule has 6 aromatic rings. The van der Waals surface area contributed by atoms with Crippen molar-refractivity contribution in [3.8, 4) is 11.5 Å². The van der Waals surface area contributed by atoms with Gasteiger partial charge in [-0.05, 0) is 137 Å². The molecule has 4 aromatic carbocycles. The highest BCUT2D eigenvalue weighted by atomic mass is 16.5. The van der Waals surface area contributed by atoms with E-state index in [1.807, 2.05) is 89.8 Å². The number of hydrogen-bond acceptors (Lipinski definition) is 14. The summed E-state index contributed by atoms with van der Waals surface area (Å²) in [7, 11) is 3.25. The molecule has 20 nitrogen and oxygen atoms in total. The molecule has 0 aliphatic heterocycles. The van der Waals surface area contributed by atoms with Crippen LogP contribution in [0.1, 0.15) is 116 Å². The predicted molar refractivity (Wildman–Crippen MR) is 312 cm³/mol. The number of nitrogens with zero attached hydrogens (tertiary/aromatic N) is 8. The first-order valence-electron chi connectivity index (χ1n) is 27.0. The zero-order chi connectivity index (χ0) is 56.1. The molecule has 78 heavy (non-hydrogen) atoms. The zero-order valence-electron chi connectivity index (χ0n) is 46.5. The molecule has 0 fully saturated rings. The van der Waals surface area contributed by atoms with Gasteiger partial charge in [0.1, 0.15) is 11.5 Å². The van der Waals surface area contributed by atoms with Crippen LogP contribution in [0.15, 0.2) is 139 Å². The molecule has 416 valence electrons. The molecule has 0 spiro atoms. The van der Waals surface area contributed by atoms with Crippen molar-refractivity contribution in [1.82, 2.24) is 30.6 Å². The van der Waals surface area contributed by atoms with Gasteiger partial charge in [-0.2, -0.15) is 20.5 Å². The first-order valence-corrected chi connectivity index (χ1v) is 27.0. The molecule has 6 N–H and O–H groups in total. The molecule has 6 rings (SSSR count). The molecule has 0 saturated carbocycles. The van der Waals surface area contributed by atoms with Gasteiger partial charge >= 0.3 is 12.1 Å². The molecule has 0 saturated heterocycles. The summed E-state index contributed by atoms with van der Waals surface area (Å²) in [6, 6.07) is 32.2. The second kappa shape index (κ2) is 32.9. The molecule has 2 atom stereocenters. The molecule has 20 heteroatoms. The van der Waals surface area contributed by atoms with Crippen molar-refractivity contribution in [2.75, 3.05) is 73.9 Å². The fraction of sp³-hybridized carbons (Fsp3) is 0.414. The molecule has 0 aliphatic carbocycles. The van der Waals surface area contributed by atoms with Crippen molar-refractivity contribution in [2.24, 2.45) is 20.5 Å². The third-order valence-corrected chi connectivity index (χ3v) is 12.9. The maximum Gasteiger partial charge on any atom is 0.321 e. The van der Waals surface area contributed by atoms with Gasteiger partial charge in [-0.1, -0.05) is 53.4 Å². The number of unbranched alkanes of at least 4 members (excludes halogenated alkanes) is 2. The summed E-state index contributed by atoms with van der Waals surface area (Å²) < 4.78 is 10.3. The van der Waals surface area contributed by atoms with E-state index in [1.54, 1.807) is 14.2 Å². The van der Waals surface area contributed by atoms with Crippen LogP contribution >= 0.6 is 0 Å². The summed E-state index contributed by atoms with van der Waals surface area (Å²) in [4.78, 5) is 69.3. The van der Waals surface area contributed by atoms with Gasteiger partial charge in [-0.15, -0.1) is 0 Å². The third-order valence-electron chi connectivity index (χ3n) is 12.9. The second-order valence-electron chi connectivity index (χ2n) is 18.3. The maximum absolute atomic E-state index is 12.9. The number of H-pyrrole nitrogens is 2. The lowest BCUT2D eigenvalue weighted by atomic mass is 9.96. The number of carbonyl (C=O) groups is 2. The maximum atomic E-state index is 12.9. The number of nitrogens with one attached hydrogen (secondary N) is 6. The molecule has 0 radical (unpaired) electrons. The number of ether oxygens (including phenoxy) is 2. The number of aromatic amines is 2. The second-order valence-corrected chi connectivity index (χ2v) is 18.3. The standard InChI is InChI=1S/C41H57N11O5.C17H21N3O/c1-6-10-12-28(8-3)34-26-36(53)46-38(44-34)48-40(55)42-22-24-52(32-18-14-30(15-19-32)50-51-31-16-20-33(57-5)21-17-31)25-23-43-41(56)49-39-45-35(27-37(54)47-39)29(9-4)13-11-7-2;1-4-20(5-2)16-10-6-14(7-11-16)18-19-15-8-12-17(21-3)13-9-15/h14-21,26-29H,6-13,22-25H2,1-5H3,(H3,42,44,46,48,53,55)(H3,43,45,47,49,54,56);6-13H,4-5H2,1-3H3. The van der Waals surface area contributed by atoms with E-state index >= 15 is 0 Å². The van der Waals surface area contributed by atoms with Crippen LogP contribution in [0.2, 0.25) is 0 Å². The number of azo groups is 2. The third kappa shape index (κ3) is 20.3. The van der Waals surface area contributed by atoms with E-state index in [2.05, 4.69) is 120 Å². The molecule has 2 aromatic heterocycles. The summed E-state index contributed by atoms with van der Waals surface area (Å²) in [6.45, 7) is 15.9. The number of anilines is 4. The van der Waals surface area contributed by atoms with Crippen molar-refractivity contribution in [3.05, 3.63) is 141 Å². The molecular formula is C58H78N14O6.